The lowest BCUT2D eigenvalue weighted by Crippen LogP contribution is -2.40. The van der Waals surface area contributed by atoms with Crippen LogP contribution in [0.2, 0.25) is 0 Å². The van der Waals surface area contributed by atoms with Gasteiger partial charge in [-0.25, -0.2) is 4.79 Å². The number of carbonyl (C=O) groups is 1. The molecule has 0 saturated carbocycles. The summed E-state index contributed by atoms with van der Waals surface area (Å²) in [5.74, 6) is -1.32. The molecule has 0 aromatic heterocycles. The minimum atomic E-state index is -0.788. The van der Waals surface area contributed by atoms with Crippen molar-refractivity contribution in [1.29, 1.82) is 0 Å². The SMILES string of the molecule is C=C(C)C(=O)O[C@@H]1[C@H]2OC(C)(C)O[C@H]2O[C@@H]1CO. The zero-order chi connectivity index (χ0) is 13.5. The molecule has 2 heterocycles. The first-order valence-electron chi connectivity index (χ1n) is 5.82. The quantitative estimate of drug-likeness (QED) is 0.581. The largest absolute Gasteiger partial charge is 0.453 e. The molecule has 0 aromatic rings. The zero-order valence-corrected chi connectivity index (χ0v) is 10.7. The van der Waals surface area contributed by atoms with Gasteiger partial charge in [0, 0.05) is 5.57 Å². The summed E-state index contributed by atoms with van der Waals surface area (Å²) in [4.78, 5) is 11.6. The highest BCUT2D eigenvalue weighted by molar-refractivity contribution is 5.87. The van der Waals surface area contributed by atoms with Gasteiger partial charge in [0.15, 0.2) is 24.3 Å². The number of rotatable bonds is 3. The Morgan fingerprint density at radius 1 is 1.44 bits per heavy atom. The Labute approximate surface area is 105 Å². The van der Waals surface area contributed by atoms with Crippen LogP contribution in [0, 0.1) is 0 Å². The first-order chi connectivity index (χ1) is 8.34. The number of aliphatic hydroxyl groups is 1. The number of hydrogen-bond donors (Lipinski definition) is 1. The molecule has 2 aliphatic rings. The van der Waals surface area contributed by atoms with E-state index < -0.39 is 36.4 Å². The summed E-state index contributed by atoms with van der Waals surface area (Å²) in [5.41, 5.74) is 0.285. The van der Waals surface area contributed by atoms with Gasteiger partial charge in [-0.1, -0.05) is 6.58 Å². The van der Waals surface area contributed by atoms with E-state index in [-0.39, 0.29) is 12.2 Å². The van der Waals surface area contributed by atoms with Gasteiger partial charge in [0.25, 0.3) is 0 Å². The Balaban J connectivity index is 2.10. The first kappa shape index (κ1) is 13.5. The van der Waals surface area contributed by atoms with E-state index in [1.165, 1.54) is 0 Å². The minimum absolute atomic E-state index is 0.270. The molecule has 0 radical (unpaired) electrons. The van der Waals surface area contributed by atoms with Crippen LogP contribution in [0.5, 0.6) is 0 Å². The lowest BCUT2D eigenvalue weighted by atomic mass is 10.1. The lowest BCUT2D eigenvalue weighted by Gasteiger charge is -2.24. The van der Waals surface area contributed by atoms with Crippen LogP contribution < -0.4 is 0 Å². The third-order valence-electron chi connectivity index (χ3n) is 2.86. The molecule has 1 N–H and O–H groups in total. The molecule has 2 aliphatic heterocycles. The van der Waals surface area contributed by atoms with Gasteiger partial charge in [-0.05, 0) is 20.8 Å². The molecular weight excluding hydrogens is 240 g/mol. The van der Waals surface area contributed by atoms with Crippen molar-refractivity contribution in [2.75, 3.05) is 6.61 Å². The van der Waals surface area contributed by atoms with Crippen molar-refractivity contribution in [2.24, 2.45) is 0 Å². The summed E-state index contributed by atoms with van der Waals surface area (Å²) in [6.07, 6.45) is -2.48. The summed E-state index contributed by atoms with van der Waals surface area (Å²) < 4.78 is 21.9. The van der Waals surface area contributed by atoms with Gasteiger partial charge >= 0.3 is 5.97 Å². The van der Waals surface area contributed by atoms with Crippen molar-refractivity contribution >= 4 is 5.97 Å². The van der Waals surface area contributed by atoms with Crippen LogP contribution in [0.4, 0.5) is 0 Å². The molecule has 0 bridgehead atoms. The van der Waals surface area contributed by atoms with Gasteiger partial charge in [0.2, 0.25) is 0 Å². The highest BCUT2D eigenvalue weighted by Crippen LogP contribution is 2.38. The van der Waals surface area contributed by atoms with Crippen LogP contribution in [-0.4, -0.2) is 48.1 Å². The Bertz CT molecular complexity index is 364. The topological polar surface area (TPSA) is 74.2 Å². The van der Waals surface area contributed by atoms with Crippen molar-refractivity contribution in [2.45, 2.75) is 51.2 Å². The molecule has 0 aliphatic carbocycles. The van der Waals surface area contributed by atoms with Crippen molar-refractivity contribution in [3.05, 3.63) is 12.2 Å². The molecule has 18 heavy (non-hydrogen) atoms. The molecule has 6 nitrogen and oxygen atoms in total. The number of carbonyl (C=O) groups excluding carboxylic acids is 1. The van der Waals surface area contributed by atoms with Crippen molar-refractivity contribution in [3.8, 4) is 0 Å². The monoisotopic (exact) mass is 258 g/mol. The molecule has 4 atom stereocenters. The van der Waals surface area contributed by atoms with Gasteiger partial charge < -0.3 is 24.1 Å². The number of fused-ring (bicyclic) bond motifs is 1. The Hall–Kier alpha value is -0.950. The van der Waals surface area contributed by atoms with Crippen molar-refractivity contribution < 1.29 is 28.8 Å². The van der Waals surface area contributed by atoms with Gasteiger partial charge in [0.1, 0.15) is 6.10 Å². The lowest BCUT2D eigenvalue weighted by molar-refractivity contribution is -0.221. The van der Waals surface area contributed by atoms with E-state index in [0.29, 0.717) is 0 Å². The molecule has 6 heteroatoms. The Morgan fingerprint density at radius 2 is 2.11 bits per heavy atom. The fourth-order valence-corrected chi connectivity index (χ4v) is 2.06. The molecule has 0 spiro atoms. The first-order valence-corrected chi connectivity index (χ1v) is 5.82. The van der Waals surface area contributed by atoms with E-state index in [4.69, 9.17) is 18.9 Å². The van der Waals surface area contributed by atoms with Crippen molar-refractivity contribution in [1.82, 2.24) is 0 Å². The number of aliphatic hydroxyl groups excluding tert-OH is 1. The molecule has 2 saturated heterocycles. The Kier molecular flexibility index (Phi) is 3.46. The zero-order valence-electron chi connectivity index (χ0n) is 10.7. The van der Waals surface area contributed by atoms with E-state index in [2.05, 4.69) is 6.58 Å². The second-order valence-electron chi connectivity index (χ2n) is 4.98. The third kappa shape index (κ3) is 2.42. The molecule has 102 valence electrons. The fourth-order valence-electron chi connectivity index (χ4n) is 2.06. The highest BCUT2D eigenvalue weighted by Gasteiger charge is 2.56. The van der Waals surface area contributed by atoms with E-state index >= 15 is 0 Å². The highest BCUT2D eigenvalue weighted by atomic mass is 16.8. The Morgan fingerprint density at radius 3 is 2.67 bits per heavy atom. The smallest absolute Gasteiger partial charge is 0.333 e. The maximum Gasteiger partial charge on any atom is 0.333 e. The van der Waals surface area contributed by atoms with Gasteiger partial charge in [-0.3, -0.25) is 0 Å². The second-order valence-corrected chi connectivity index (χ2v) is 4.98. The van der Waals surface area contributed by atoms with E-state index in [1.807, 2.05) is 0 Å². The summed E-state index contributed by atoms with van der Waals surface area (Å²) in [5, 5.41) is 9.22. The molecular formula is C12H18O6. The average Bonchev–Trinajstić information content (AvgIpc) is 2.71. The molecule has 2 fully saturated rings. The van der Waals surface area contributed by atoms with Crippen LogP contribution in [0.1, 0.15) is 20.8 Å². The standard InChI is InChI=1S/C12H18O6/c1-6(2)10(14)16-8-7(5-13)15-11-9(8)17-12(3,4)18-11/h7-9,11,13H,1,5H2,2-4H3/t7-,8+,9-,11-/m1/s1. The fraction of sp³-hybridized carbons (Fsp3) is 0.750. The van der Waals surface area contributed by atoms with Crippen LogP contribution >= 0.6 is 0 Å². The molecule has 0 unspecified atom stereocenters. The van der Waals surface area contributed by atoms with Crippen LogP contribution in [0.3, 0.4) is 0 Å². The minimum Gasteiger partial charge on any atom is -0.453 e. The van der Waals surface area contributed by atoms with Gasteiger partial charge in [-0.2, -0.15) is 0 Å². The number of hydrogen-bond acceptors (Lipinski definition) is 6. The molecule has 2 rings (SSSR count). The number of ether oxygens (including phenoxy) is 4. The third-order valence-corrected chi connectivity index (χ3v) is 2.86. The molecule has 0 amide bonds. The van der Waals surface area contributed by atoms with E-state index in [0.717, 1.165) is 0 Å². The maximum absolute atomic E-state index is 11.6. The van der Waals surface area contributed by atoms with Crippen molar-refractivity contribution in [3.63, 3.8) is 0 Å². The van der Waals surface area contributed by atoms with Gasteiger partial charge in [0.05, 0.1) is 6.61 Å². The van der Waals surface area contributed by atoms with E-state index in [1.54, 1.807) is 20.8 Å². The summed E-state index contributed by atoms with van der Waals surface area (Å²) in [6.45, 7) is 8.30. The molecule has 0 aromatic carbocycles. The summed E-state index contributed by atoms with van der Waals surface area (Å²) >= 11 is 0. The summed E-state index contributed by atoms with van der Waals surface area (Å²) in [7, 11) is 0. The maximum atomic E-state index is 11.6. The average molecular weight is 258 g/mol. The summed E-state index contributed by atoms with van der Waals surface area (Å²) in [6, 6.07) is 0. The predicted octanol–water partition coefficient (Wildman–Crippen LogP) is 0.343. The second kappa shape index (κ2) is 4.62. The predicted molar refractivity (Wildman–Crippen MR) is 60.5 cm³/mol. The number of esters is 1. The van der Waals surface area contributed by atoms with Crippen LogP contribution in [0.25, 0.3) is 0 Å². The van der Waals surface area contributed by atoms with Gasteiger partial charge in [-0.15, -0.1) is 0 Å². The van der Waals surface area contributed by atoms with E-state index in [9.17, 15) is 9.90 Å². The van der Waals surface area contributed by atoms with Crippen LogP contribution in [0.15, 0.2) is 12.2 Å². The van der Waals surface area contributed by atoms with Crippen LogP contribution in [-0.2, 0) is 23.7 Å². The normalized spacial score (nSPS) is 37.3.